The monoisotopic (exact) mass is 594 g/mol. The van der Waals surface area contributed by atoms with Crippen molar-refractivity contribution >= 4 is 67.1 Å². The van der Waals surface area contributed by atoms with Gasteiger partial charge in [0.1, 0.15) is 10.5 Å². The molecule has 0 spiro atoms. The van der Waals surface area contributed by atoms with Crippen LogP contribution in [0.5, 0.6) is 0 Å². The molecule has 0 fully saturated rings. The fourth-order valence-corrected chi connectivity index (χ4v) is 6.59. The van der Waals surface area contributed by atoms with Crippen LogP contribution in [-0.4, -0.2) is 16.5 Å². The number of thiazole rings is 1. The molecule has 0 saturated heterocycles. The van der Waals surface area contributed by atoms with E-state index in [1.165, 1.54) is 30.4 Å². The standard InChI is InChI=1S/C27H23N4S2.HI/c1-3-30-24(32-22-16-18-10-5-7-12-20(18)28-26(22)30)14-9-15-25-31(4-2)27-23(33-25)17-19-11-6-8-13-21(19)29-27;/h5-17H,3-4H2,1-2H3;1H/q+1;/p-1. The zero-order valence-electron chi connectivity index (χ0n) is 18.9. The minimum Gasteiger partial charge on any atom is -1.00 e. The summed E-state index contributed by atoms with van der Waals surface area (Å²) in [5.74, 6) is 1.06. The summed E-state index contributed by atoms with van der Waals surface area (Å²) in [5, 5.41) is 4.79. The summed E-state index contributed by atoms with van der Waals surface area (Å²) in [6.45, 7) is 6.13. The molecule has 0 N–H and O–H groups in total. The van der Waals surface area contributed by atoms with Gasteiger partial charge in [0.25, 0.3) is 0 Å². The lowest BCUT2D eigenvalue weighted by atomic mass is 10.2. The number of hydrogen-bond donors (Lipinski definition) is 0. The molecule has 0 aliphatic carbocycles. The number of hydrogen-bond acceptors (Lipinski definition) is 5. The average Bonchev–Trinajstić information content (AvgIpc) is 3.36. The van der Waals surface area contributed by atoms with Crippen LogP contribution in [0.1, 0.15) is 18.9 Å². The van der Waals surface area contributed by atoms with Crippen molar-refractivity contribution in [2.24, 2.45) is 0 Å². The Morgan fingerprint density at radius 3 is 2.38 bits per heavy atom. The number of pyridine rings is 2. The lowest BCUT2D eigenvalue weighted by Crippen LogP contribution is -3.00. The number of fused-ring (bicyclic) bond motifs is 4. The number of halogens is 1. The highest BCUT2D eigenvalue weighted by Gasteiger charge is 2.25. The quantitative estimate of drug-likeness (QED) is 0.234. The Hall–Kier alpha value is -2.49. The third-order valence-electron chi connectivity index (χ3n) is 5.92. The number of anilines is 1. The average molecular weight is 595 g/mol. The number of aryl methyl sites for hydroxylation is 1. The van der Waals surface area contributed by atoms with Crippen LogP contribution in [0.15, 0.2) is 82.7 Å². The number of benzene rings is 2. The molecule has 1 aliphatic heterocycles. The first-order valence-corrected chi connectivity index (χ1v) is 12.8. The second kappa shape index (κ2) is 9.64. The second-order valence-corrected chi connectivity index (χ2v) is 10.0. The minimum absolute atomic E-state index is 0. The van der Waals surface area contributed by atoms with Crippen molar-refractivity contribution in [2.75, 3.05) is 11.4 Å². The molecule has 4 nitrogen and oxygen atoms in total. The van der Waals surface area contributed by atoms with E-state index in [1.54, 1.807) is 23.1 Å². The molecule has 34 heavy (non-hydrogen) atoms. The smallest absolute Gasteiger partial charge is 0.342 e. The Labute approximate surface area is 224 Å². The van der Waals surface area contributed by atoms with E-state index in [2.05, 4.69) is 90.1 Å². The molecule has 0 atom stereocenters. The van der Waals surface area contributed by atoms with Gasteiger partial charge in [-0.3, -0.25) is 0 Å². The van der Waals surface area contributed by atoms with Crippen molar-refractivity contribution < 1.29 is 28.5 Å². The third-order valence-corrected chi connectivity index (χ3v) is 8.09. The van der Waals surface area contributed by atoms with E-state index in [0.717, 1.165) is 35.6 Å². The van der Waals surface area contributed by atoms with Gasteiger partial charge < -0.3 is 28.9 Å². The molecule has 3 aromatic heterocycles. The number of allylic oxidation sites excluding steroid dienone is 2. The second-order valence-electron chi connectivity index (χ2n) is 7.90. The van der Waals surface area contributed by atoms with Crippen molar-refractivity contribution in [3.05, 3.63) is 82.9 Å². The Bertz CT molecular complexity index is 1590. The number of para-hydroxylation sites is 2. The Morgan fingerprint density at radius 2 is 1.65 bits per heavy atom. The minimum atomic E-state index is 0. The SMILES string of the molecule is CCN1/C(=C/C=C/c2sc3cc4ccccc4nc3[n+]2CC)Sc2cc3ccccc3nc21.[I-]. The Balaban J connectivity index is 0.00000241. The van der Waals surface area contributed by atoms with Crippen LogP contribution in [0.2, 0.25) is 0 Å². The number of aromatic nitrogens is 3. The van der Waals surface area contributed by atoms with Crippen LogP contribution in [0, 0.1) is 0 Å². The highest BCUT2D eigenvalue weighted by molar-refractivity contribution is 8.03. The Morgan fingerprint density at radius 1 is 0.941 bits per heavy atom. The van der Waals surface area contributed by atoms with Gasteiger partial charge in [0.05, 0.1) is 22.0 Å². The molecule has 0 bridgehead atoms. The molecule has 0 amide bonds. The van der Waals surface area contributed by atoms with Gasteiger partial charge >= 0.3 is 5.65 Å². The van der Waals surface area contributed by atoms with Gasteiger partial charge in [-0.2, -0.15) is 0 Å². The summed E-state index contributed by atoms with van der Waals surface area (Å²) in [6.07, 6.45) is 6.57. The number of thioether (sulfide) groups is 1. The maximum absolute atomic E-state index is 4.94. The lowest BCUT2D eigenvalue weighted by Gasteiger charge is -2.16. The molecule has 5 aromatic rings. The fourth-order valence-electron chi connectivity index (χ4n) is 4.33. The van der Waals surface area contributed by atoms with Crippen LogP contribution < -0.4 is 33.4 Å². The van der Waals surface area contributed by atoms with Crippen LogP contribution in [0.3, 0.4) is 0 Å². The van der Waals surface area contributed by atoms with Crippen LogP contribution in [0.25, 0.3) is 38.2 Å². The van der Waals surface area contributed by atoms with Crippen molar-refractivity contribution in [1.29, 1.82) is 0 Å². The van der Waals surface area contributed by atoms with Gasteiger partial charge in [-0.25, -0.2) is 9.55 Å². The summed E-state index contributed by atoms with van der Waals surface area (Å²) in [7, 11) is 0. The highest BCUT2D eigenvalue weighted by atomic mass is 127. The van der Waals surface area contributed by atoms with Gasteiger partial charge in [0.15, 0.2) is 10.5 Å². The van der Waals surface area contributed by atoms with E-state index < -0.39 is 0 Å². The van der Waals surface area contributed by atoms with Gasteiger partial charge in [-0.15, -0.1) is 0 Å². The maximum Gasteiger partial charge on any atom is 0.342 e. The summed E-state index contributed by atoms with van der Waals surface area (Å²) in [4.78, 5) is 13.4. The molecular formula is C27H23IN4S2. The molecule has 7 heteroatoms. The van der Waals surface area contributed by atoms with E-state index in [1.807, 2.05) is 12.1 Å². The molecule has 4 heterocycles. The van der Waals surface area contributed by atoms with E-state index in [0.29, 0.717) is 0 Å². The van der Waals surface area contributed by atoms with Gasteiger partial charge in [0.2, 0.25) is 0 Å². The molecule has 0 unspecified atom stereocenters. The molecule has 1 aliphatic rings. The summed E-state index contributed by atoms with van der Waals surface area (Å²) < 4.78 is 3.51. The first kappa shape index (κ1) is 23.3. The third kappa shape index (κ3) is 3.99. The Kier molecular flexibility index (Phi) is 6.59. The van der Waals surface area contributed by atoms with Crippen LogP contribution >= 0.6 is 23.1 Å². The zero-order chi connectivity index (χ0) is 22.4. The zero-order valence-corrected chi connectivity index (χ0v) is 22.7. The molecule has 170 valence electrons. The topological polar surface area (TPSA) is 32.9 Å². The highest BCUT2D eigenvalue weighted by Crippen LogP contribution is 2.45. The van der Waals surface area contributed by atoms with Crippen molar-refractivity contribution in [1.82, 2.24) is 9.97 Å². The van der Waals surface area contributed by atoms with Crippen molar-refractivity contribution in [2.45, 2.75) is 25.3 Å². The lowest BCUT2D eigenvalue weighted by molar-refractivity contribution is -0.666. The van der Waals surface area contributed by atoms with Crippen LogP contribution in [0.4, 0.5) is 5.82 Å². The maximum atomic E-state index is 4.94. The van der Waals surface area contributed by atoms with E-state index in [-0.39, 0.29) is 24.0 Å². The number of nitrogens with zero attached hydrogens (tertiary/aromatic N) is 4. The number of rotatable bonds is 4. The first-order chi connectivity index (χ1) is 16.2. The van der Waals surface area contributed by atoms with E-state index >= 15 is 0 Å². The van der Waals surface area contributed by atoms with Gasteiger partial charge in [-0.05, 0) is 55.2 Å². The largest absolute Gasteiger partial charge is 1.00 e. The van der Waals surface area contributed by atoms with Gasteiger partial charge in [0, 0.05) is 17.3 Å². The van der Waals surface area contributed by atoms with Crippen molar-refractivity contribution in [3.8, 4) is 0 Å². The molecule has 0 radical (unpaired) electrons. The summed E-state index contributed by atoms with van der Waals surface area (Å²) >= 11 is 3.59. The molecule has 0 saturated carbocycles. The van der Waals surface area contributed by atoms with Crippen molar-refractivity contribution in [3.63, 3.8) is 0 Å². The van der Waals surface area contributed by atoms with Gasteiger partial charge in [-0.1, -0.05) is 65.6 Å². The summed E-state index contributed by atoms with van der Waals surface area (Å²) in [6, 6.07) is 21.2. The molecule has 2 aromatic carbocycles. The molecular weight excluding hydrogens is 571 g/mol. The fraction of sp³-hybridized carbons (Fsp3) is 0.148. The van der Waals surface area contributed by atoms with E-state index in [4.69, 9.17) is 9.97 Å². The molecule has 6 rings (SSSR count). The predicted molar refractivity (Wildman–Crippen MR) is 141 cm³/mol. The van der Waals surface area contributed by atoms with Crippen LogP contribution in [-0.2, 0) is 6.54 Å². The first-order valence-electron chi connectivity index (χ1n) is 11.2. The normalized spacial score (nSPS) is 14.5. The predicted octanol–water partition coefficient (Wildman–Crippen LogP) is 3.80. The van der Waals surface area contributed by atoms with E-state index in [9.17, 15) is 0 Å². The summed E-state index contributed by atoms with van der Waals surface area (Å²) in [5.41, 5.74) is 3.14.